The van der Waals surface area contributed by atoms with Crippen molar-refractivity contribution >= 4 is 17.2 Å². The summed E-state index contributed by atoms with van der Waals surface area (Å²) in [4.78, 5) is 19.7. The van der Waals surface area contributed by atoms with E-state index in [1.165, 1.54) is 0 Å². The van der Waals surface area contributed by atoms with E-state index in [1.54, 1.807) is 11.3 Å². The highest BCUT2D eigenvalue weighted by Crippen LogP contribution is 2.34. The van der Waals surface area contributed by atoms with E-state index in [2.05, 4.69) is 10.1 Å². The van der Waals surface area contributed by atoms with E-state index < -0.39 is 0 Å². The molecule has 0 aromatic carbocycles. The molecule has 0 unspecified atom stereocenters. The average Bonchev–Trinajstić information content (AvgIpc) is 3.23. The zero-order valence-corrected chi connectivity index (χ0v) is 13.8. The van der Waals surface area contributed by atoms with Crippen molar-refractivity contribution < 1.29 is 14.1 Å². The summed E-state index contributed by atoms with van der Waals surface area (Å²) in [5, 5.41) is 5.82. The molecule has 122 valence electrons. The normalized spacial score (nSPS) is 26.7. The Morgan fingerprint density at radius 2 is 2.39 bits per heavy atom. The third kappa shape index (κ3) is 3.16. The quantitative estimate of drug-likeness (QED) is 0.854. The molecule has 0 saturated carbocycles. The number of aryl methyl sites for hydroxylation is 1. The number of hydrogen-bond acceptors (Lipinski definition) is 6. The van der Waals surface area contributed by atoms with E-state index in [1.807, 2.05) is 29.3 Å². The fourth-order valence-electron chi connectivity index (χ4n) is 3.49. The summed E-state index contributed by atoms with van der Waals surface area (Å²) in [6.07, 6.45) is 2.39. The Bertz CT molecular complexity index is 671. The van der Waals surface area contributed by atoms with E-state index in [4.69, 9.17) is 9.26 Å². The number of hydrogen-bond donors (Lipinski definition) is 0. The first-order valence-electron chi connectivity index (χ1n) is 7.92. The van der Waals surface area contributed by atoms with Gasteiger partial charge in [-0.1, -0.05) is 11.2 Å². The molecule has 4 rings (SSSR count). The number of carbonyl (C=O) groups excluding carboxylic acids is 1. The van der Waals surface area contributed by atoms with Crippen molar-refractivity contribution in [2.75, 3.05) is 13.1 Å². The molecule has 0 spiro atoms. The first kappa shape index (κ1) is 14.8. The number of ether oxygens (including phenoxy) is 1. The van der Waals surface area contributed by atoms with Crippen LogP contribution in [0.25, 0.3) is 0 Å². The Morgan fingerprint density at radius 1 is 1.48 bits per heavy atom. The fraction of sp³-hybridized carbons (Fsp3) is 0.562. The zero-order valence-electron chi connectivity index (χ0n) is 13.0. The minimum absolute atomic E-state index is 0.124. The Labute approximate surface area is 138 Å². The molecule has 2 aliphatic rings. The third-order valence-corrected chi connectivity index (χ3v) is 5.42. The predicted molar refractivity (Wildman–Crippen MR) is 84.1 cm³/mol. The van der Waals surface area contributed by atoms with Gasteiger partial charge < -0.3 is 14.2 Å². The summed E-state index contributed by atoms with van der Waals surface area (Å²) in [5.41, 5.74) is 0. The number of fused-ring (bicyclic) bond motifs is 1. The molecule has 0 radical (unpaired) electrons. The van der Waals surface area contributed by atoms with Crippen molar-refractivity contribution in [1.82, 2.24) is 15.0 Å². The van der Waals surface area contributed by atoms with Gasteiger partial charge in [0.1, 0.15) is 0 Å². The first-order chi connectivity index (χ1) is 11.2. The molecule has 0 bridgehead atoms. The van der Waals surface area contributed by atoms with Crippen LogP contribution in [0.15, 0.2) is 22.0 Å². The standard InChI is InChI=1S/C16H19N3O3S/c1-10-17-15(22-18-10)6-12-5-11-8-19(9-14(11)21-12)16(20)7-13-3-2-4-23-13/h2-4,11-12,14H,5-9H2,1H3/t11-,12+,14+/m0/s1. The van der Waals surface area contributed by atoms with Gasteiger partial charge in [0.2, 0.25) is 11.8 Å². The van der Waals surface area contributed by atoms with Gasteiger partial charge in [0.05, 0.1) is 25.0 Å². The second-order valence-electron chi connectivity index (χ2n) is 6.29. The topological polar surface area (TPSA) is 68.5 Å². The molecule has 0 N–H and O–H groups in total. The molecule has 7 heteroatoms. The van der Waals surface area contributed by atoms with Crippen molar-refractivity contribution in [3.8, 4) is 0 Å². The van der Waals surface area contributed by atoms with Crippen molar-refractivity contribution in [2.24, 2.45) is 5.92 Å². The van der Waals surface area contributed by atoms with Gasteiger partial charge in [0.25, 0.3) is 0 Å². The predicted octanol–water partition coefficient (Wildman–Crippen LogP) is 1.84. The summed E-state index contributed by atoms with van der Waals surface area (Å²) in [6, 6.07) is 4.00. The third-order valence-electron chi connectivity index (χ3n) is 4.54. The molecule has 2 fully saturated rings. The van der Waals surface area contributed by atoms with E-state index in [-0.39, 0.29) is 18.1 Å². The van der Waals surface area contributed by atoms with Crippen LogP contribution in [0.2, 0.25) is 0 Å². The molecular formula is C16H19N3O3S. The molecule has 3 atom stereocenters. The van der Waals surface area contributed by atoms with Crippen LogP contribution in [-0.2, 0) is 22.4 Å². The second-order valence-corrected chi connectivity index (χ2v) is 7.32. The Hall–Kier alpha value is -1.73. The lowest BCUT2D eigenvalue weighted by atomic mass is 10.0. The smallest absolute Gasteiger partial charge is 0.229 e. The minimum atomic E-state index is 0.124. The van der Waals surface area contributed by atoms with Gasteiger partial charge in [0, 0.05) is 23.9 Å². The summed E-state index contributed by atoms with van der Waals surface area (Å²) in [5.74, 6) is 1.92. The number of carbonyl (C=O) groups is 1. The largest absolute Gasteiger partial charge is 0.372 e. The summed E-state index contributed by atoms with van der Waals surface area (Å²) in [7, 11) is 0. The molecule has 2 aromatic rings. The molecular weight excluding hydrogens is 314 g/mol. The highest BCUT2D eigenvalue weighted by molar-refractivity contribution is 7.10. The summed E-state index contributed by atoms with van der Waals surface area (Å²) >= 11 is 1.63. The summed E-state index contributed by atoms with van der Waals surface area (Å²) < 4.78 is 11.3. The number of likely N-dealkylation sites (tertiary alicyclic amines) is 1. The van der Waals surface area contributed by atoms with E-state index in [9.17, 15) is 4.79 Å². The SMILES string of the molecule is Cc1noc(C[C@H]2C[C@H]3CN(C(=O)Cc4cccs4)C[C@H]3O2)n1. The Balaban J connectivity index is 1.30. The van der Waals surface area contributed by atoms with Crippen LogP contribution >= 0.6 is 11.3 Å². The van der Waals surface area contributed by atoms with Crippen molar-refractivity contribution in [3.05, 3.63) is 34.1 Å². The molecule has 1 amide bonds. The van der Waals surface area contributed by atoms with Gasteiger partial charge in [-0.2, -0.15) is 4.98 Å². The van der Waals surface area contributed by atoms with Gasteiger partial charge in [-0.05, 0) is 24.8 Å². The first-order valence-corrected chi connectivity index (χ1v) is 8.80. The fourth-order valence-corrected chi connectivity index (χ4v) is 4.19. The highest BCUT2D eigenvalue weighted by atomic mass is 32.1. The molecule has 2 aromatic heterocycles. The minimum Gasteiger partial charge on any atom is -0.372 e. The van der Waals surface area contributed by atoms with Crippen LogP contribution in [0.5, 0.6) is 0 Å². The van der Waals surface area contributed by atoms with E-state index in [0.717, 1.165) is 17.8 Å². The van der Waals surface area contributed by atoms with Gasteiger partial charge in [-0.25, -0.2) is 0 Å². The molecule has 2 saturated heterocycles. The number of aromatic nitrogens is 2. The van der Waals surface area contributed by atoms with E-state index in [0.29, 0.717) is 37.0 Å². The maximum Gasteiger partial charge on any atom is 0.229 e. The van der Waals surface area contributed by atoms with Crippen LogP contribution in [0.3, 0.4) is 0 Å². The molecule has 6 nitrogen and oxygen atoms in total. The van der Waals surface area contributed by atoms with Crippen LogP contribution in [-0.4, -0.2) is 46.2 Å². The molecule has 23 heavy (non-hydrogen) atoms. The highest BCUT2D eigenvalue weighted by Gasteiger charge is 2.43. The van der Waals surface area contributed by atoms with Gasteiger partial charge >= 0.3 is 0 Å². The maximum atomic E-state index is 12.4. The van der Waals surface area contributed by atoms with Crippen LogP contribution < -0.4 is 0 Å². The Kier molecular flexibility index (Phi) is 3.90. The molecule has 2 aliphatic heterocycles. The van der Waals surface area contributed by atoms with Gasteiger partial charge in [-0.15, -0.1) is 11.3 Å². The van der Waals surface area contributed by atoms with E-state index >= 15 is 0 Å². The lowest BCUT2D eigenvalue weighted by molar-refractivity contribution is -0.130. The lowest BCUT2D eigenvalue weighted by Crippen LogP contribution is -2.32. The average molecular weight is 333 g/mol. The Morgan fingerprint density at radius 3 is 3.09 bits per heavy atom. The zero-order chi connectivity index (χ0) is 15.8. The van der Waals surface area contributed by atoms with Crippen LogP contribution in [0.1, 0.15) is 23.0 Å². The maximum absolute atomic E-state index is 12.4. The number of nitrogens with zero attached hydrogens (tertiary/aromatic N) is 3. The molecule has 4 heterocycles. The molecule has 0 aliphatic carbocycles. The lowest BCUT2D eigenvalue weighted by Gasteiger charge is -2.18. The second kappa shape index (κ2) is 6.05. The van der Waals surface area contributed by atoms with Crippen LogP contribution in [0.4, 0.5) is 0 Å². The monoisotopic (exact) mass is 333 g/mol. The number of amides is 1. The van der Waals surface area contributed by atoms with Crippen molar-refractivity contribution in [3.63, 3.8) is 0 Å². The van der Waals surface area contributed by atoms with Crippen molar-refractivity contribution in [1.29, 1.82) is 0 Å². The van der Waals surface area contributed by atoms with Gasteiger partial charge in [-0.3, -0.25) is 4.79 Å². The van der Waals surface area contributed by atoms with Crippen LogP contribution in [0, 0.1) is 12.8 Å². The van der Waals surface area contributed by atoms with Crippen molar-refractivity contribution in [2.45, 2.75) is 38.4 Å². The number of thiophene rings is 1. The van der Waals surface area contributed by atoms with Gasteiger partial charge in [0.15, 0.2) is 5.82 Å². The number of rotatable bonds is 4. The summed E-state index contributed by atoms with van der Waals surface area (Å²) in [6.45, 7) is 3.32.